The molecular formula is C14H18O4. The minimum Gasteiger partial charge on any atom is -0.496 e. The molecule has 1 rings (SSSR count). The van der Waals surface area contributed by atoms with Gasteiger partial charge < -0.3 is 14.6 Å². The first kappa shape index (κ1) is 14.1. The van der Waals surface area contributed by atoms with E-state index in [1.807, 2.05) is 18.2 Å². The molecule has 0 aromatic heterocycles. The highest BCUT2D eigenvalue weighted by atomic mass is 16.5. The lowest BCUT2D eigenvalue weighted by molar-refractivity contribution is -0.137. The van der Waals surface area contributed by atoms with Gasteiger partial charge >= 0.3 is 5.97 Å². The SMILES string of the molecule is C=Cc1cc(OCCCCC(=O)O)ccc1OC. The zero-order valence-electron chi connectivity index (χ0n) is 10.5. The van der Waals surface area contributed by atoms with Crippen molar-refractivity contribution in [1.29, 1.82) is 0 Å². The first-order valence-electron chi connectivity index (χ1n) is 5.82. The van der Waals surface area contributed by atoms with Gasteiger partial charge in [-0.05, 0) is 31.0 Å². The predicted octanol–water partition coefficient (Wildman–Crippen LogP) is 2.97. The minimum absolute atomic E-state index is 0.184. The molecule has 1 N–H and O–H groups in total. The minimum atomic E-state index is -0.770. The van der Waals surface area contributed by atoms with Crippen LogP contribution in [0.2, 0.25) is 0 Å². The number of benzene rings is 1. The standard InChI is InChI=1S/C14H18O4/c1-3-11-10-12(7-8-13(11)17-2)18-9-5-4-6-14(15)16/h3,7-8,10H,1,4-6,9H2,2H3,(H,15,16). The number of rotatable bonds is 8. The number of ether oxygens (including phenoxy) is 2. The Morgan fingerprint density at radius 2 is 2.22 bits per heavy atom. The Bertz CT molecular complexity index is 412. The molecule has 0 aliphatic carbocycles. The molecule has 0 saturated heterocycles. The van der Waals surface area contributed by atoms with E-state index in [0.29, 0.717) is 13.0 Å². The summed E-state index contributed by atoms with van der Waals surface area (Å²) in [6.45, 7) is 4.22. The van der Waals surface area contributed by atoms with Gasteiger partial charge in [0.25, 0.3) is 0 Å². The molecule has 4 heteroatoms. The van der Waals surface area contributed by atoms with Gasteiger partial charge in [0.1, 0.15) is 11.5 Å². The second-order valence-electron chi connectivity index (χ2n) is 3.81. The third-order valence-corrected chi connectivity index (χ3v) is 2.47. The van der Waals surface area contributed by atoms with Crippen LogP contribution in [0.3, 0.4) is 0 Å². The first-order valence-corrected chi connectivity index (χ1v) is 5.82. The van der Waals surface area contributed by atoms with Crippen molar-refractivity contribution in [3.05, 3.63) is 30.3 Å². The molecular weight excluding hydrogens is 232 g/mol. The number of hydrogen-bond acceptors (Lipinski definition) is 3. The highest BCUT2D eigenvalue weighted by Crippen LogP contribution is 2.24. The van der Waals surface area contributed by atoms with Crippen molar-refractivity contribution in [3.63, 3.8) is 0 Å². The van der Waals surface area contributed by atoms with E-state index >= 15 is 0 Å². The van der Waals surface area contributed by atoms with Crippen LogP contribution in [0.4, 0.5) is 0 Å². The van der Waals surface area contributed by atoms with E-state index in [1.54, 1.807) is 13.2 Å². The maximum absolute atomic E-state index is 10.3. The topological polar surface area (TPSA) is 55.8 Å². The number of aliphatic carboxylic acids is 1. The van der Waals surface area contributed by atoms with Crippen LogP contribution < -0.4 is 9.47 Å². The first-order chi connectivity index (χ1) is 8.67. The van der Waals surface area contributed by atoms with Gasteiger partial charge in [-0.25, -0.2) is 0 Å². The van der Waals surface area contributed by atoms with Crippen LogP contribution in [-0.4, -0.2) is 24.8 Å². The van der Waals surface area contributed by atoms with Crippen LogP contribution in [0.5, 0.6) is 11.5 Å². The fourth-order valence-corrected chi connectivity index (χ4v) is 1.53. The van der Waals surface area contributed by atoms with E-state index in [1.165, 1.54) is 0 Å². The monoisotopic (exact) mass is 250 g/mol. The lowest BCUT2D eigenvalue weighted by atomic mass is 10.2. The van der Waals surface area contributed by atoms with E-state index in [4.69, 9.17) is 14.6 Å². The van der Waals surface area contributed by atoms with Gasteiger partial charge in [0.2, 0.25) is 0 Å². The molecule has 0 amide bonds. The van der Waals surface area contributed by atoms with E-state index in [9.17, 15) is 4.79 Å². The quantitative estimate of drug-likeness (QED) is 0.721. The predicted molar refractivity (Wildman–Crippen MR) is 70.1 cm³/mol. The highest BCUT2D eigenvalue weighted by molar-refractivity contribution is 5.66. The molecule has 0 heterocycles. The molecule has 0 spiro atoms. The maximum Gasteiger partial charge on any atom is 0.303 e. The summed E-state index contributed by atoms with van der Waals surface area (Å²) in [7, 11) is 1.61. The summed E-state index contributed by atoms with van der Waals surface area (Å²) >= 11 is 0. The van der Waals surface area contributed by atoms with Crippen molar-refractivity contribution in [3.8, 4) is 11.5 Å². The van der Waals surface area contributed by atoms with E-state index in [0.717, 1.165) is 23.5 Å². The Morgan fingerprint density at radius 3 is 2.83 bits per heavy atom. The number of methoxy groups -OCH3 is 1. The molecule has 0 aliphatic heterocycles. The lowest BCUT2D eigenvalue weighted by Gasteiger charge is -2.09. The van der Waals surface area contributed by atoms with Gasteiger partial charge in [-0.3, -0.25) is 4.79 Å². The van der Waals surface area contributed by atoms with Crippen molar-refractivity contribution < 1.29 is 19.4 Å². The summed E-state index contributed by atoms with van der Waals surface area (Å²) in [5.41, 5.74) is 0.875. The van der Waals surface area contributed by atoms with E-state index < -0.39 is 5.97 Å². The second kappa shape index (κ2) is 7.37. The van der Waals surface area contributed by atoms with Crippen LogP contribution in [0.15, 0.2) is 24.8 Å². The Balaban J connectivity index is 2.43. The van der Waals surface area contributed by atoms with Crippen LogP contribution >= 0.6 is 0 Å². The number of carbonyl (C=O) groups is 1. The molecule has 1 aromatic carbocycles. The summed E-state index contributed by atoms with van der Waals surface area (Å²) in [5.74, 6) is 0.720. The molecule has 98 valence electrons. The van der Waals surface area contributed by atoms with Gasteiger partial charge in [-0.15, -0.1) is 0 Å². The number of carboxylic acids is 1. The summed E-state index contributed by atoms with van der Waals surface area (Å²) in [6.07, 6.45) is 3.24. The summed E-state index contributed by atoms with van der Waals surface area (Å²) in [4.78, 5) is 10.3. The fourth-order valence-electron chi connectivity index (χ4n) is 1.53. The third-order valence-electron chi connectivity index (χ3n) is 2.47. The van der Waals surface area contributed by atoms with Crippen LogP contribution in [0, 0.1) is 0 Å². The van der Waals surface area contributed by atoms with E-state index in [-0.39, 0.29) is 6.42 Å². The molecule has 4 nitrogen and oxygen atoms in total. The third kappa shape index (κ3) is 4.49. The Hall–Kier alpha value is -1.97. The lowest BCUT2D eigenvalue weighted by Crippen LogP contribution is -2.00. The molecule has 0 aliphatic rings. The van der Waals surface area contributed by atoms with Crippen molar-refractivity contribution in [2.45, 2.75) is 19.3 Å². The van der Waals surface area contributed by atoms with Crippen molar-refractivity contribution in [2.75, 3.05) is 13.7 Å². The molecule has 0 saturated carbocycles. The average molecular weight is 250 g/mol. The summed E-state index contributed by atoms with van der Waals surface area (Å²) in [5, 5.41) is 8.49. The van der Waals surface area contributed by atoms with Gasteiger partial charge in [0, 0.05) is 12.0 Å². The Morgan fingerprint density at radius 1 is 1.44 bits per heavy atom. The van der Waals surface area contributed by atoms with Crippen molar-refractivity contribution >= 4 is 12.0 Å². The molecule has 1 aromatic rings. The largest absolute Gasteiger partial charge is 0.496 e. The number of hydrogen-bond donors (Lipinski definition) is 1. The molecule has 0 bridgehead atoms. The number of unbranched alkanes of at least 4 members (excludes halogenated alkanes) is 1. The maximum atomic E-state index is 10.3. The molecule has 18 heavy (non-hydrogen) atoms. The number of carboxylic acid groups (broad SMARTS) is 1. The van der Waals surface area contributed by atoms with Gasteiger partial charge in [0.15, 0.2) is 0 Å². The van der Waals surface area contributed by atoms with Crippen LogP contribution in [0.25, 0.3) is 6.08 Å². The summed E-state index contributed by atoms with van der Waals surface area (Å²) < 4.78 is 10.7. The van der Waals surface area contributed by atoms with Gasteiger partial charge in [-0.2, -0.15) is 0 Å². The normalized spacial score (nSPS) is 9.83. The van der Waals surface area contributed by atoms with Crippen molar-refractivity contribution in [1.82, 2.24) is 0 Å². The van der Waals surface area contributed by atoms with Crippen LogP contribution in [-0.2, 0) is 4.79 Å². The zero-order valence-corrected chi connectivity index (χ0v) is 10.5. The Labute approximate surface area is 107 Å². The Kier molecular flexibility index (Phi) is 5.77. The average Bonchev–Trinajstić information content (AvgIpc) is 2.37. The van der Waals surface area contributed by atoms with Gasteiger partial charge in [-0.1, -0.05) is 12.7 Å². The highest BCUT2D eigenvalue weighted by Gasteiger charge is 2.02. The molecule has 0 fully saturated rings. The zero-order chi connectivity index (χ0) is 13.4. The smallest absolute Gasteiger partial charge is 0.303 e. The summed E-state index contributed by atoms with van der Waals surface area (Å²) in [6, 6.07) is 5.50. The molecule has 0 atom stereocenters. The molecule has 0 radical (unpaired) electrons. The molecule has 0 unspecified atom stereocenters. The van der Waals surface area contributed by atoms with Crippen molar-refractivity contribution in [2.24, 2.45) is 0 Å². The van der Waals surface area contributed by atoms with Gasteiger partial charge in [0.05, 0.1) is 13.7 Å². The van der Waals surface area contributed by atoms with Crippen LogP contribution in [0.1, 0.15) is 24.8 Å². The fraction of sp³-hybridized carbons (Fsp3) is 0.357. The second-order valence-corrected chi connectivity index (χ2v) is 3.81. The van der Waals surface area contributed by atoms with E-state index in [2.05, 4.69) is 6.58 Å².